The summed E-state index contributed by atoms with van der Waals surface area (Å²) < 4.78 is 17.0. The fourth-order valence-electron chi connectivity index (χ4n) is 5.34. The van der Waals surface area contributed by atoms with Gasteiger partial charge < -0.3 is 36.8 Å². The van der Waals surface area contributed by atoms with Crippen molar-refractivity contribution in [3.63, 3.8) is 0 Å². The lowest BCUT2D eigenvalue weighted by atomic mass is 9.64. The number of methoxy groups -OCH3 is 1. The van der Waals surface area contributed by atoms with Crippen LogP contribution in [-0.4, -0.2) is 60.4 Å². The van der Waals surface area contributed by atoms with Crippen LogP contribution in [0.4, 0.5) is 0 Å². The van der Waals surface area contributed by atoms with Gasteiger partial charge in [0.1, 0.15) is 18.7 Å². The predicted molar refractivity (Wildman–Crippen MR) is 84.6 cm³/mol. The molecule has 3 aliphatic heterocycles. The topological polar surface area (TPSA) is 68.2 Å². The molecular weight excluding hydrogens is 346 g/mol. The molecule has 2 bridgehead atoms. The average molecular weight is 368 g/mol. The van der Waals surface area contributed by atoms with Crippen molar-refractivity contribution in [2.24, 2.45) is 0 Å². The van der Waals surface area contributed by atoms with Crippen LogP contribution in [0.1, 0.15) is 23.8 Å². The highest BCUT2D eigenvalue weighted by Gasteiger charge is 2.69. The summed E-state index contributed by atoms with van der Waals surface area (Å²) in [5, 5.41) is 22.2. The van der Waals surface area contributed by atoms with E-state index in [1.807, 2.05) is 25.3 Å². The zero-order valence-electron chi connectivity index (χ0n) is 14.2. The molecule has 0 amide bonds. The van der Waals surface area contributed by atoms with E-state index in [2.05, 4.69) is 6.08 Å². The summed E-state index contributed by atoms with van der Waals surface area (Å²) in [6.07, 6.45) is 3.66. The van der Waals surface area contributed by atoms with Crippen molar-refractivity contribution in [2.75, 3.05) is 27.5 Å². The molecule has 25 heavy (non-hydrogen) atoms. The number of halogens is 1. The zero-order valence-corrected chi connectivity index (χ0v) is 14.9. The summed E-state index contributed by atoms with van der Waals surface area (Å²) in [5.41, 5.74) is 1.27. The standard InChI is InChI=1S/C18H22NO5.ClH/c1-19-8-16(20)18(4-3-10(22-2)5-15(18)19)12-7-14-13(23-9-24-14)6-11(12)17(19)21;/h3-4,6-7,10,15-17,20-21H,5,8-9H2,1-2H3;1H/q+1;/p-1/t10-,15+,16+,17?,18+,19+;/m1./s1. The largest absolute Gasteiger partial charge is 1.00 e. The Balaban J connectivity index is 0.00000157. The second-order valence-corrected chi connectivity index (χ2v) is 7.53. The molecule has 1 unspecified atom stereocenters. The zero-order chi connectivity index (χ0) is 16.7. The maximum Gasteiger partial charge on any atom is 0.231 e. The minimum absolute atomic E-state index is 0. The SMILES string of the molecule is CO[C@@H]1C=C[C@@]23c4cc5c(cc4C(O)[N@@+](C)(C[C@@H]2O)[C@H]3C1)OCO5.[Cl-]. The Morgan fingerprint density at radius 2 is 1.96 bits per heavy atom. The van der Waals surface area contributed by atoms with E-state index in [4.69, 9.17) is 14.2 Å². The Morgan fingerprint density at radius 3 is 2.68 bits per heavy atom. The second kappa shape index (κ2) is 5.34. The Hall–Kier alpha value is -1.31. The summed E-state index contributed by atoms with van der Waals surface area (Å²) in [6, 6.07) is 3.89. The van der Waals surface area contributed by atoms with Gasteiger partial charge >= 0.3 is 0 Å². The molecule has 7 heteroatoms. The van der Waals surface area contributed by atoms with Crippen molar-refractivity contribution in [3.8, 4) is 11.5 Å². The van der Waals surface area contributed by atoms with Crippen LogP contribution >= 0.6 is 0 Å². The van der Waals surface area contributed by atoms with Crippen LogP contribution in [0.15, 0.2) is 24.3 Å². The van der Waals surface area contributed by atoms with Gasteiger partial charge in [0, 0.05) is 19.1 Å². The molecule has 1 aliphatic carbocycles. The lowest BCUT2D eigenvalue weighted by Gasteiger charge is -2.51. The lowest BCUT2D eigenvalue weighted by Crippen LogP contribution is -3.00. The summed E-state index contributed by atoms with van der Waals surface area (Å²) in [4.78, 5) is 0. The van der Waals surface area contributed by atoms with Gasteiger partial charge in [-0.3, -0.25) is 4.48 Å². The number of benzene rings is 1. The van der Waals surface area contributed by atoms with Crippen LogP contribution in [-0.2, 0) is 10.2 Å². The van der Waals surface area contributed by atoms with Gasteiger partial charge in [0.25, 0.3) is 0 Å². The molecule has 1 aromatic rings. The monoisotopic (exact) mass is 367 g/mol. The molecule has 136 valence electrons. The van der Waals surface area contributed by atoms with Gasteiger partial charge in [0.15, 0.2) is 11.5 Å². The first-order chi connectivity index (χ1) is 11.5. The smallest absolute Gasteiger partial charge is 0.231 e. The van der Waals surface area contributed by atoms with E-state index >= 15 is 0 Å². The van der Waals surface area contributed by atoms with Crippen LogP contribution in [0, 0.1) is 0 Å². The van der Waals surface area contributed by atoms with Crippen LogP contribution in [0.3, 0.4) is 0 Å². The molecule has 1 aromatic carbocycles. The minimum Gasteiger partial charge on any atom is -1.00 e. The molecular formula is C18H22ClNO5. The number of hydrogen-bond donors (Lipinski definition) is 2. The van der Waals surface area contributed by atoms with E-state index in [0.717, 1.165) is 17.5 Å². The Kier molecular flexibility index (Phi) is 3.66. The number of rotatable bonds is 1. The molecule has 5 rings (SSSR count). The van der Waals surface area contributed by atoms with E-state index in [9.17, 15) is 10.2 Å². The first kappa shape index (κ1) is 17.1. The highest BCUT2D eigenvalue weighted by Crippen LogP contribution is 2.59. The Labute approximate surface area is 152 Å². The van der Waals surface area contributed by atoms with Gasteiger partial charge in [-0.05, 0) is 17.7 Å². The number of hydrogen-bond acceptors (Lipinski definition) is 5. The molecule has 1 saturated heterocycles. The van der Waals surface area contributed by atoms with Crippen molar-refractivity contribution in [3.05, 3.63) is 35.4 Å². The number of quaternary nitrogens is 1. The molecule has 6 nitrogen and oxygen atoms in total. The fraction of sp³-hybridized carbons (Fsp3) is 0.556. The van der Waals surface area contributed by atoms with Gasteiger partial charge in [-0.25, -0.2) is 0 Å². The summed E-state index contributed by atoms with van der Waals surface area (Å²) in [5.74, 6) is 1.35. The highest BCUT2D eigenvalue weighted by molar-refractivity contribution is 5.56. The number of fused-ring (bicyclic) bond motifs is 2. The molecule has 4 aliphatic rings. The quantitative estimate of drug-likeness (QED) is 0.437. The van der Waals surface area contributed by atoms with Gasteiger partial charge in [0.05, 0.1) is 18.6 Å². The van der Waals surface area contributed by atoms with Crippen molar-refractivity contribution < 1.29 is 41.3 Å². The van der Waals surface area contributed by atoms with Crippen molar-refractivity contribution in [2.45, 2.75) is 36.3 Å². The second-order valence-electron chi connectivity index (χ2n) is 7.53. The number of nitrogens with zero attached hydrogens (tertiary/aromatic N) is 1. The summed E-state index contributed by atoms with van der Waals surface area (Å²) in [6.45, 7) is 0.703. The maximum atomic E-state index is 11.2. The first-order valence-corrected chi connectivity index (χ1v) is 8.38. The number of ether oxygens (including phenoxy) is 3. The Bertz CT molecular complexity index is 755. The van der Waals surface area contributed by atoms with E-state index in [0.29, 0.717) is 22.5 Å². The van der Waals surface area contributed by atoms with Gasteiger partial charge in [0.2, 0.25) is 13.0 Å². The fourth-order valence-corrected chi connectivity index (χ4v) is 5.34. The van der Waals surface area contributed by atoms with E-state index in [1.54, 1.807) is 7.11 Å². The van der Waals surface area contributed by atoms with Gasteiger partial charge in [-0.1, -0.05) is 12.2 Å². The molecule has 0 saturated carbocycles. The molecule has 0 spiro atoms. The van der Waals surface area contributed by atoms with E-state index < -0.39 is 17.7 Å². The normalized spacial score (nSPS) is 42.6. The van der Waals surface area contributed by atoms with E-state index in [-0.39, 0.29) is 31.3 Å². The van der Waals surface area contributed by atoms with Crippen molar-refractivity contribution >= 4 is 0 Å². The molecule has 2 N–H and O–H groups in total. The number of aliphatic hydroxyl groups excluding tert-OH is 2. The average Bonchev–Trinajstić information content (AvgIpc) is 3.12. The van der Waals surface area contributed by atoms with Gasteiger partial charge in [-0.15, -0.1) is 0 Å². The third-order valence-corrected chi connectivity index (χ3v) is 6.57. The van der Waals surface area contributed by atoms with Gasteiger partial charge in [-0.2, -0.15) is 0 Å². The molecule has 0 aromatic heterocycles. The third-order valence-electron chi connectivity index (χ3n) is 6.57. The highest BCUT2D eigenvalue weighted by atomic mass is 35.5. The summed E-state index contributed by atoms with van der Waals surface area (Å²) in [7, 11) is 3.73. The predicted octanol–water partition coefficient (Wildman–Crippen LogP) is -2.17. The number of likely N-dealkylation sites (N-methyl/N-ethyl adjacent to an activating group) is 1. The number of aliphatic hydroxyl groups is 2. The first-order valence-electron chi connectivity index (χ1n) is 8.38. The van der Waals surface area contributed by atoms with Crippen LogP contribution < -0.4 is 21.9 Å². The van der Waals surface area contributed by atoms with E-state index in [1.165, 1.54) is 0 Å². The third kappa shape index (κ3) is 1.89. The summed E-state index contributed by atoms with van der Waals surface area (Å²) >= 11 is 0. The Morgan fingerprint density at radius 1 is 1.24 bits per heavy atom. The molecule has 0 radical (unpaired) electrons. The van der Waals surface area contributed by atoms with Crippen LogP contribution in [0.2, 0.25) is 0 Å². The van der Waals surface area contributed by atoms with Crippen LogP contribution in [0.5, 0.6) is 11.5 Å². The molecule has 6 atom stereocenters. The molecule has 3 heterocycles. The molecule has 1 fully saturated rings. The van der Waals surface area contributed by atoms with Crippen molar-refractivity contribution in [1.29, 1.82) is 0 Å². The van der Waals surface area contributed by atoms with Crippen molar-refractivity contribution in [1.82, 2.24) is 0 Å². The minimum atomic E-state index is -0.700. The maximum absolute atomic E-state index is 11.2. The van der Waals surface area contributed by atoms with Crippen LogP contribution in [0.25, 0.3) is 0 Å². The lowest BCUT2D eigenvalue weighted by molar-refractivity contribution is -0.976.